The summed E-state index contributed by atoms with van der Waals surface area (Å²) in [7, 11) is 4.09. The quantitative estimate of drug-likeness (QED) is 0.399. The molecule has 6 nitrogen and oxygen atoms in total. The molecule has 0 aliphatic heterocycles. The summed E-state index contributed by atoms with van der Waals surface area (Å²) in [5.41, 5.74) is 1.09. The number of hydrogen-bond acceptors (Lipinski definition) is 4. The van der Waals surface area contributed by atoms with Gasteiger partial charge >= 0.3 is 0 Å². The van der Waals surface area contributed by atoms with Gasteiger partial charge in [0.15, 0.2) is 5.96 Å². The highest BCUT2D eigenvalue weighted by Gasteiger charge is 2.13. The molecular formula is C22H40N4O2. The zero-order valence-electron chi connectivity index (χ0n) is 18.6. The van der Waals surface area contributed by atoms with Crippen LogP contribution in [0.2, 0.25) is 0 Å². The normalized spacial score (nSPS) is 13.1. The van der Waals surface area contributed by atoms with E-state index in [9.17, 15) is 0 Å². The summed E-state index contributed by atoms with van der Waals surface area (Å²) >= 11 is 0. The molecule has 0 fully saturated rings. The summed E-state index contributed by atoms with van der Waals surface area (Å²) < 4.78 is 11.8. The molecule has 0 aliphatic rings. The average Bonchev–Trinajstić information content (AvgIpc) is 2.65. The number of hydrogen-bond donors (Lipinski definition) is 2. The van der Waals surface area contributed by atoms with Gasteiger partial charge in [-0.1, -0.05) is 32.0 Å². The minimum absolute atomic E-state index is 0.270. The van der Waals surface area contributed by atoms with Crippen LogP contribution in [0, 0.1) is 5.92 Å². The predicted molar refractivity (Wildman–Crippen MR) is 118 cm³/mol. The van der Waals surface area contributed by atoms with E-state index in [0.29, 0.717) is 19.1 Å². The number of nitrogens with one attached hydrogen (secondary N) is 2. The summed E-state index contributed by atoms with van der Waals surface area (Å²) in [6, 6.07) is 8.11. The highest BCUT2D eigenvalue weighted by atomic mass is 16.5. The van der Waals surface area contributed by atoms with Crippen molar-refractivity contribution in [2.75, 3.05) is 46.9 Å². The van der Waals surface area contributed by atoms with E-state index in [1.165, 1.54) is 0 Å². The van der Waals surface area contributed by atoms with Gasteiger partial charge in [0.1, 0.15) is 12.4 Å². The number of rotatable bonds is 13. The van der Waals surface area contributed by atoms with Crippen LogP contribution >= 0.6 is 0 Å². The van der Waals surface area contributed by atoms with E-state index in [2.05, 4.69) is 42.4 Å². The average molecular weight is 393 g/mol. The molecule has 0 aliphatic carbocycles. The fourth-order valence-electron chi connectivity index (χ4n) is 2.78. The van der Waals surface area contributed by atoms with Crippen molar-refractivity contribution in [1.29, 1.82) is 0 Å². The molecule has 1 rings (SSSR count). The fraction of sp³-hybridized carbons (Fsp3) is 0.682. The van der Waals surface area contributed by atoms with Crippen LogP contribution in [0.3, 0.4) is 0 Å². The summed E-state index contributed by atoms with van der Waals surface area (Å²) in [5.74, 6) is 2.23. The molecule has 6 heteroatoms. The van der Waals surface area contributed by atoms with Gasteiger partial charge < -0.3 is 25.0 Å². The van der Waals surface area contributed by atoms with E-state index >= 15 is 0 Å². The molecule has 0 amide bonds. The molecule has 1 unspecified atom stereocenters. The Bertz CT molecular complexity index is 561. The highest BCUT2D eigenvalue weighted by Crippen LogP contribution is 2.18. The third-order valence-electron chi connectivity index (χ3n) is 4.37. The predicted octanol–water partition coefficient (Wildman–Crippen LogP) is 3.13. The van der Waals surface area contributed by atoms with E-state index in [1.54, 1.807) is 0 Å². The van der Waals surface area contributed by atoms with Crippen molar-refractivity contribution in [2.45, 2.75) is 46.8 Å². The smallest absolute Gasteiger partial charge is 0.191 e. The second-order valence-electron chi connectivity index (χ2n) is 7.41. The first-order valence-electron chi connectivity index (χ1n) is 10.5. The van der Waals surface area contributed by atoms with E-state index in [-0.39, 0.29) is 6.10 Å². The lowest BCUT2D eigenvalue weighted by molar-refractivity contribution is 0.0258. The molecule has 0 heterocycles. The van der Waals surface area contributed by atoms with Crippen LogP contribution in [0.15, 0.2) is 29.3 Å². The maximum absolute atomic E-state index is 5.94. The molecular weight excluding hydrogens is 352 g/mol. The van der Waals surface area contributed by atoms with E-state index in [0.717, 1.165) is 49.9 Å². The Morgan fingerprint density at radius 2 is 1.89 bits per heavy atom. The molecule has 160 valence electrons. The van der Waals surface area contributed by atoms with Gasteiger partial charge in [-0.05, 0) is 46.3 Å². The Morgan fingerprint density at radius 1 is 1.14 bits per heavy atom. The maximum Gasteiger partial charge on any atom is 0.191 e. The first-order valence-corrected chi connectivity index (χ1v) is 10.5. The Balaban J connectivity index is 2.64. The first-order chi connectivity index (χ1) is 13.5. The van der Waals surface area contributed by atoms with E-state index in [4.69, 9.17) is 14.5 Å². The zero-order valence-corrected chi connectivity index (χ0v) is 18.6. The van der Waals surface area contributed by atoms with Crippen molar-refractivity contribution in [3.63, 3.8) is 0 Å². The number of guanidine groups is 1. The molecule has 2 N–H and O–H groups in total. The Labute approximate surface area is 171 Å². The first kappa shape index (κ1) is 24.2. The van der Waals surface area contributed by atoms with E-state index in [1.807, 2.05) is 39.2 Å². The van der Waals surface area contributed by atoms with Crippen molar-refractivity contribution in [3.8, 4) is 5.75 Å². The zero-order chi connectivity index (χ0) is 20.8. The highest BCUT2D eigenvalue weighted by molar-refractivity contribution is 5.79. The molecule has 1 aromatic rings. The van der Waals surface area contributed by atoms with Crippen LogP contribution in [-0.2, 0) is 11.3 Å². The fourth-order valence-corrected chi connectivity index (χ4v) is 2.78. The van der Waals surface area contributed by atoms with Crippen molar-refractivity contribution in [3.05, 3.63) is 29.8 Å². The molecule has 28 heavy (non-hydrogen) atoms. The summed E-state index contributed by atoms with van der Waals surface area (Å²) in [5, 5.41) is 6.74. The van der Waals surface area contributed by atoms with Gasteiger partial charge in [-0.3, -0.25) is 0 Å². The lowest BCUT2D eigenvalue weighted by Crippen LogP contribution is -2.39. The van der Waals surface area contributed by atoms with Gasteiger partial charge in [0, 0.05) is 31.8 Å². The van der Waals surface area contributed by atoms with Crippen LogP contribution in [0.25, 0.3) is 0 Å². The molecule has 1 aromatic carbocycles. The number of ether oxygens (including phenoxy) is 2. The monoisotopic (exact) mass is 392 g/mol. The molecule has 1 atom stereocenters. The van der Waals surface area contributed by atoms with Crippen molar-refractivity contribution in [2.24, 2.45) is 10.9 Å². The summed E-state index contributed by atoms with van der Waals surface area (Å²) in [6.07, 6.45) is 1.23. The summed E-state index contributed by atoms with van der Waals surface area (Å²) in [6.45, 7) is 13.1. The van der Waals surface area contributed by atoms with Gasteiger partial charge in [0.05, 0.1) is 12.6 Å². The molecule has 0 saturated heterocycles. The van der Waals surface area contributed by atoms with Crippen molar-refractivity contribution < 1.29 is 9.47 Å². The minimum Gasteiger partial charge on any atom is -0.492 e. The SMILES string of the molecule is CCNC(=NCc1ccccc1OCCN(C)C)NCCC(OCC)C(C)C. The number of para-hydroxylation sites is 1. The van der Waals surface area contributed by atoms with Crippen LogP contribution < -0.4 is 15.4 Å². The number of likely N-dealkylation sites (N-methyl/N-ethyl adjacent to an activating group) is 1. The van der Waals surface area contributed by atoms with Gasteiger partial charge in [0.2, 0.25) is 0 Å². The van der Waals surface area contributed by atoms with Crippen LogP contribution in [0.1, 0.15) is 39.7 Å². The van der Waals surface area contributed by atoms with Crippen molar-refractivity contribution in [1.82, 2.24) is 15.5 Å². The third kappa shape index (κ3) is 9.95. The lowest BCUT2D eigenvalue weighted by atomic mass is 10.0. The maximum atomic E-state index is 5.94. The number of nitrogens with zero attached hydrogens (tertiary/aromatic N) is 2. The van der Waals surface area contributed by atoms with Gasteiger partial charge in [-0.15, -0.1) is 0 Å². The van der Waals surface area contributed by atoms with Gasteiger partial charge in [-0.2, -0.15) is 0 Å². The number of benzene rings is 1. The third-order valence-corrected chi connectivity index (χ3v) is 4.37. The van der Waals surface area contributed by atoms with Crippen LogP contribution in [0.4, 0.5) is 0 Å². The molecule has 0 bridgehead atoms. The molecule has 0 spiro atoms. The van der Waals surface area contributed by atoms with Crippen molar-refractivity contribution >= 4 is 5.96 Å². The Kier molecular flexibility index (Phi) is 12.3. The van der Waals surface area contributed by atoms with Gasteiger partial charge in [-0.25, -0.2) is 4.99 Å². The Hall–Kier alpha value is -1.79. The van der Waals surface area contributed by atoms with Crippen LogP contribution in [-0.4, -0.2) is 63.9 Å². The molecule has 0 radical (unpaired) electrons. The van der Waals surface area contributed by atoms with Crippen LogP contribution in [0.5, 0.6) is 5.75 Å². The standard InChI is InChI=1S/C22H40N4O2/c1-7-23-22(24-14-13-20(18(3)4)27-8-2)25-17-19-11-9-10-12-21(19)28-16-15-26(5)6/h9-12,18,20H,7-8,13-17H2,1-6H3,(H2,23,24,25). The Morgan fingerprint density at radius 3 is 2.54 bits per heavy atom. The van der Waals surface area contributed by atoms with Gasteiger partial charge in [0.25, 0.3) is 0 Å². The lowest BCUT2D eigenvalue weighted by Gasteiger charge is -2.21. The topological polar surface area (TPSA) is 58.1 Å². The molecule has 0 aromatic heterocycles. The second-order valence-corrected chi connectivity index (χ2v) is 7.41. The largest absolute Gasteiger partial charge is 0.492 e. The number of aliphatic imine (C=N–C) groups is 1. The molecule has 0 saturated carbocycles. The second kappa shape index (κ2) is 14.2. The van der Waals surface area contributed by atoms with E-state index < -0.39 is 0 Å². The summed E-state index contributed by atoms with van der Waals surface area (Å²) in [4.78, 5) is 6.85. The minimum atomic E-state index is 0.270.